The maximum atomic E-state index is 13.4. The van der Waals surface area contributed by atoms with E-state index < -0.39 is 11.6 Å². The van der Waals surface area contributed by atoms with Gasteiger partial charge in [-0.3, -0.25) is 4.79 Å². The highest BCUT2D eigenvalue weighted by atomic mass is 16.6. The third kappa shape index (κ3) is 7.72. The number of benzene rings is 2. The smallest absolute Gasteiger partial charge is 0.410 e. The molecule has 10 heteroatoms. The molecule has 0 atom stereocenters. The number of methoxy groups -OCH3 is 2. The van der Waals surface area contributed by atoms with Gasteiger partial charge in [-0.15, -0.1) is 0 Å². The number of amides is 1. The zero-order chi connectivity index (χ0) is 32.1. The Balaban J connectivity index is 1.24. The summed E-state index contributed by atoms with van der Waals surface area (Å²) in [6.45, 7) is 7.66. The summed E-state index contributed by atoms with van der Waals surface area (Å²) in [5.74, 6) is 1.93. The lowest BCUT2D eigenvalue weighted by atomic mass is 9.82. The molecule has 45 heavy (non-hydrogen) atoms. The fraction of sp³-hybridized carbons (Fsp3) is 0.514. The third-order valence-electron chi connectivity index (χ3n) is 8.56. The fourth-order valence-electron chi connectivity index (χ4n) is 6.33. The first-order valence-electron chi connectivity index (χ1n) is 15.7. The van der Waals surface area contributed by atoms with Crippen molar-refractivity contribution in [3.8, 4) is 17.2 Å². The molecule has 2 aliphatic rings. The van der Waals surface area contributed by atoms with Crippen molar-refractivity contribution in [3.05, 3.63) is 63.9 Å². The van der Waals surface area contributed by atoms with Crippen LogP contribution in [-0.2, 0) is 22.6 Å². The molecule has 1 aliphatic carbocycles. The Bertz CT molecular complexity index is 1580. The summed E-state index contributed by atoms with van der Waals surface area (Å²) in [6.07, 6.45) is 5.18. The van der Waals surface area contributed by atoms with Gasteiger partial charge >= 0.3 is 12.1 Å². The van der Waals surface area contributed by atoms with Gasteiger partial charge in [-0.1, -0.05) is 6.07 Å². The van der Waals surface area contributed by atoms with E-state index in [1.807, 2.05) is 43.9 Å². The Hall–Kier alpha value is -4.21. The molecule has 1 aliphatic heterocycles. The zero-order valence-electron chi connectivity index (χ0n) is 26.9. The fourth-order valence-corrected chi connectivity index (χ4v) is 6.33. The van der Waals surface area contributed by atoms with Crippen LogP contribution in [0.2, 0.25) is 0 Å². The molecular weight excluding hydrogens is 576 g/mol. The molecule has 1 fully saturated rings. The Kier molecular flexibility index (Phi) is 9.90. The number of esters is 1. The molecule has 1 amide bonds. The summed E-state index contributed by atoms with van der Waals surface area (Å²) in [4.78, 5) is 40.6. The molecule has 0 unspecified atom stereocenters. The predicted molar refractivity (Wildman–Crippen MR) is 170 cm³/mol. The van der Waals surface area contributed by atoms with Gasteiger partial charge in [0.2, 0.25) is 0 Å². The van der Waals surface area contributed by atoms with Crippen LogP contribution in [0.1, 0.15) is 75.2 Å². The summed E-state index contributed by atoms with van der Waals surface area (Å²) in [5, 5.41) is 0.656. The molecule has 5 rings (SSSR count). The summed E-state index contributed by atoms with van der Waals surface area (Å²) >= 11 is 0. The maximum Gasteiger partial charge on any atom is 0.410 e. The summed E-state index contributed by atoms with van der Waals surface area (Å²) < 4.78 is 29.4. The van der Waals surface area contributed by atoms with Crippen LogP contribution in [0.15, 0.2) is 47.3 Å². The molecule has 1 saturated carbocycles. The molecular formula is C35H44N2O8. The Morgan fingerprint density at radius 1 is 0.956 bits per heavy atom. The number of hydrogen-bond donors (Lipinski definition) is 0. The Labute approximate surface area is 264 Å². The van der Waals surface area contributed by atoms with E-state index in [4.69, 9.17) is 23.7 Å². The van der Waals surface area contributed by atoms with E-state index in [0.717, 1.165) is 49.8 Å². The van der Waals surface area contributed by atoms with Crippen molar-refractivity contribution in [2.45, 2.75) is 84.0 Å². The topological polar surface area (TPSA) is 106 Å². The lowest BCUT2D eigenvalue weighted by molar-refractivity contribution is 0.00770. The minimum atomic E-state index is -0.597. The van der Waals surface area contributed by atoms with Crippen molar-refractivity contribution >= 4 is 23.0 Å². The SMILES string of the molecule is COC(=O)c1cc(OC)cc2c1ccc(=O)n2CCCC1CCC(N(Cc2ccc3c(c2)OCCO3)C(=O)OC(C)(C)C)CC1. The Morgan fingerprint density at radius 2 is 1.69 bits per heavy atom. The molecule has 10 nitrogen and oxygen atoms in total. The first-order valence-corrected chi connectivity index (χ1v) is 15.7. The molecule has 0 spiro atoms. The van der Waals surface area contributed by atoms with Gasteiger partial charge in [0.05, 0.1) is 25.3 Å². The lowest BCUT2D eigenvalue weighted by Gasteiger charge is -2.38. The first kappa shape index (κ1) is 32.2. The van der Waals surface area contributed by atoms with Crippen LogP contribution in [-0.4, -0.2) is 60.6 Å². The van der Waals surface area contributed by atoms with Crippen molar-refractivity contribution in [1.82, 2.24) is 9.47 Å². The minimum absolute atomic E-state index is 0.0641. The number of ether oxygens (including phenoxy) is 5. The molecule has 2 aromatic carbocycles. The summed E-state index contributed by atoms with van der Waals surface area (Å²) in [5.41, 5.74) is 1.27. The van der Waals surface area contributed by atoms with E-state index >= 15 is 0 Å². The number of aryl methyl sites for hydroxylation is 1. The van der Waals surface area contributed by atoms with Crippen LogP contribution in [0.4, 0.5) is 4.79 Å². The number of carbonyl (C=O) groups excluding carboxylic acids is 2. The van der Waals surface area contributed by atoms with Crippen molar-refractivity contribution in [2.24, 2.45) is 5.92 Å². The van der Waals surface area contributed by atoms with Gasteiger partial charge in [0.1, 0.15) is 24.6 Å². The second kappa shape index (κ2) is 13.8. The van der Waals surface area contributed by atoms with E-state index in [-0.39, 0.29) is 17.7 Å². The second-order valence-corrected chi connectivity index (χ2v) is 12.8. The van der Waals surface area contributed by atoms with Crippen LogP contribution >= 0.6 is 0 Å². The van der Waals surface area contributed by atoms with Crippen LogP contribution in [0.5, 0.6) is 17.2 Å². The average Bonchev–Trinajstić information content (AvgIpc) is 3.03. The third-order valence-corrected chi connectivity index (χ3v) is 8.56. The highest BCUT2D eigenvalue weighted by molar-refractivity contribution is 6.04. The van der Waals surface area contributed by atoms with Gasteiger partial charge in [0, 0.05) is 36.7 Å². The molecule has 0 N–H and O–H groups in total. The maximum absolute atomic E-state index is 13.4. The van der Waals surface area contributed by atoms with Crippen LogP contribution in [0.3, 0.4) is 0 Å². The number of nitrogens with zero attached hydrogens (tertiary/aromatic N) is 2. The minimum Gasteiger partial charge on any atom is -0.497 e. The number of hydrogen-bond acceptors (Lipinski definition) is 8. The van der Waals surface area contributed by atoms with Gasteiger partial charge in [-0.25, -0.2) is 9.59 Å². The van der Waals surface area contributed by atoms with Crippen molar-refractivity contribution in [2.75, 3.05) is 27.4 Å². The van der Waals surface area contributed by atoms with Crippen LogP contribution in [0, 0.1) is 5.92 Å². The zero-order valence-corrected chi connectivity index (χ0v) is 26.9. The summed E-state index contributed by atoms with van der Waals surface area (Å²) in [7, 11) is 2.87. The van der Waals surface area contributed by atoms with E-state index in [0.29, 0.717) is 60.2 Å². The standard InChI is InChI=1S/C35H44N2O8/c1-35(2,3)45-34(40)37(22-24-10-14-30-31(19-24)44-18-17-43-30)25-11-8-23(9-12-25)7-6-16-36-29-21-26(41-4)20-28(33(39)42-5)27(29)13-15-32(36)38/h10,13-15,19-21,23,25H,6-9,11-12,16-18,22H2,1-5H3. The first-order chi connectivity index (χ1) is 21.6. The molecule has 0 radical (unpaired) electrons. The van der Waals surface area contributed by atoms with Gasteiger partial charge in [-0.05, 0) is 95.0 Å². The van der Waals surface area contributed by atoms with Crippen molar-refractivity contribution in [3.63, 3.8) is 0 Å². The largest absolute Gasteiger partial charge is 0.497 e. The van der Waals surface area contributed by atoms with Gasteiger partial charge in [-0.2, -0.15) is 0 Å². The number of aromatic nitrogens is 1. The van der Waals surface area contributed by atoms with E-state index in [1.165, 1.54) is 20.3 Å². The average molecular weight is 621 g/mol. The number of rotatable bonds is 9. The highest BCUT2D eigenvalue weighted by Gasteiger charge is 2.32. The second-order valence-electron chi connectivity index (χ2n) is 12.8. The van der Waals surface area contributed by atoms with Crippen LogP contribution < -0.4 is 19.8 Å². The normalized spacial score (nSPS) is 17.9. The molecule has 1 aromatic heterocycles. The molecule has 242 valence electrons. The quantitative estimate of drug-likeness (QED) is 0.255. The van der Waals surface area contributed by atoms with Gasteiger partial charge < -0.3 is 33.2 Å². The van der Waals surface area contributed by atoms with Crippen LogP contribution in [0.25, 0.3) is 10.9 Å². The monoisotopic (exact) mass is 620 g/mol. The molecule has 0 saturated heterocycles. The predicted octanol–water partition coefficient (Wildman–Crippen LogP) is 6.34. The highest BCUT2D eigenvalue weighted by Crippen LogP contribution is 2.35. The van der Waals surface area contributed by atoms with E-state index in [2.05, 4.69) is 0 Å². The van der Waals surface area contributed by atoms with Crippen molar-refractivity contribution in [1.29, 1.82) is 0 Å². The lowest BCUT2D eigenvalue weighted by Crippen LogP contribution is -2.44. The van der Waals surface area contributed by atoms with E-state index in [1.54, 1.807) is 22.8 Å². The molecule has 0 bridgehead atoms. The van der Waals surface area contributed by atoms with Gasteiger partial charge in [0.15, 0.2) is 11.5 Å². The molecule has 3 aromatic rings. The number of carbonyl (C=O) groups is 2. The number of fused-ring (bicyclic) bond motifs is 2. The van der Waals surface area contributed by atoms with Gasteiger partial charge in [0.25, 0.3) is 5.56 Å². The number of pyridine rings is 1. The van der Waals surface area contributed by atoms with E-state index in [9.17, 15) is 14.4 Å². The summed E-state index contributed by atoms with van der Waals surface area (Å²) in [6, 6.07) is 12.5. The van der Waals surface area contributed by atoms with Crippen molar-refractivity contribution < 1.29 is 33.3 Å². The Morgan fingerprint density at radius 3 is 2.38 bits per heavy atom. The molecule has 2 heterocycles.